The molecule has 3 rings (SSSR count). The molecule has 9 nitrogen and oxygen atoms in total. The maximum atomic E-state index is 13.6. The van der Waals surface area contributed by atoms with Crippen molar-refractivity contribution in [2.75, 3.05) is 6.61 Å². The van der Waals surface area contributed by atoms with Crippen LogP contribution in [0.15, 0.2) is 60.7 Å². The van der Waals surface area contributed by atoms with Gasteiger partial charge >= 0.3 is 6.09 Å². The molecule has 222 valence electrons. The van der Waals surface area contributed by atoms with Crippen LogP contribution in [-0.2, 0) is 36.9 Å². The molecular weight excluding hydrogens is 522 g/mol. The smallest absolute Gasteiger partial charge is 0.408 e. The first-order chi connectivity index (χ1) is 19.5. The van der Waals surface area contributed by atoms with Crippen molar-refractivity contribution < 1.29 is 28.7 Å². The highest BCUT2D eigenvalue weighted by molar-refractivity contribution is 5.98. The summed E-state index contributed by atoms with van der Waals surface area (Å²) < 4.78 is 10.7. The maximum Gasteiger partial charge on any atom is 0.408 e. The Morgan fingerprint density at radius 3 is 1.78 bits per heavy atom. The Hall–Kier alpha value is -3.72. The molecule has 1 saturated heterocycles. The standard InChI is InChI=1S/C32H43N3O6/c1-21(2)16-25(28(36)32(5)20-41-32)33-30(38)27(18-23-12-8-6-9-13-23)34-29(37)26(17-22(3)4)35-31(39)40-19-24-14-10-7-11-15-24/h6-15,21-22,25-27H,16-20H2,1-5H3,(H,33,38)(H,34,37)(H,35,39)/t25?,26?,27-,32?/m0/s1. The lowest BCUT2D eigenvalue weighted by Crippen LogP contribution is -2.57. The predicted octanol–water partition coefficient (Wildman–Crippen LogP) is 3.94. The molecular formula is C32H43N3O6. The molecule has 3 amide bonds. The van der Waals surface area contributed by atoms with Crippen molar-refractivity contribution in [3.05, 3.63) is 71.8 Å². The summed E-state index contributed by atoms with van der Waals surface area (Å²) in [5.74, 6) is -0.926. The van der Waals surface area contributed by atoms with Crippen molar-refractivity contribution in [2.45, 2.75) is 84.2 Å². The molecule has 41 heavy (non-hydrogen) atoms. The van der Waals surface area contributed by atoms with Gasteiger partial charge in [-0.25, -0.2) is 4.79 Å². The summed E-state index contributed by atoms with van der Waals surface area (Å²) in [5.41, 5.74) is 0.771. The maximum absolute atomic E-state index is 13.6. The Kier molecular flexibility index (Phi) is 11.5. The van der Waals surface area contributed by atoms with Crippen LogP contribution in [0.2, 0.25) is 0 Å². The Morgan fingerprint density at radius 1 is 0.756 bits per heavy atom. The highest BCUT2D eigenvalue weighted by Gasteiger charge is 2.50. The number of Topliss-reactive ketones (excluding diaryl/α,β-unsaturated/α-hetero) is 1. The normalized spacial score (nSPS) is 18.2. The summed E-state index contributed by atoms with van der Waals surface area (Å²) in [5, 5.41) is 8.39. The van der Waals surface area contributed by atoms with Crippen molar-refractivity contribution in [3.8, 4) is 0 Å². The van der Waals surface area contributed by atoms with Crippen LogP contribution in [0, 0.1) is 11.8 Å². The van der Waals surface area contributed by atoms with Crippen LogP contribution in [0.5, 0.6) is 0 Å². The Morgan fingerprint density at radius 2 is 1.24 bits per heavy atom. The number of alkyl carbamates (subject to hydrolysis) is 1. The zero-order valence-corrected chi connectivity index (χ0v) is 24.6. The number of amides is 3. The molecule has 0 bridgehead atoms. The minimum atomic E-state index is -0.975. The van der Waals surface area contributed by atoms with E-state index in [0.29, 0.717) is 19.4 Å². The summed E-state index contributed by atoms with van der Waals surface area (Å²) in [4.78, 5) is 52.9. The summed E-state index contributed by atoms with van der Waals surface area (Å²) in [7, 11) is 0. The number of carbonyl (C=O) groups is 4. The van der Waals surface area contributed by atoms with Gasteiger partial charge in [0.25, 0.3) is 0 Å². The number of epoxide rings is 1. The van der Waals surface area contributed by atoms with Crippen molar-refractivity contribution in [1.82, 2.24) is 16.0 Å². The molecule has 3 N–H and O–H groups in total. The van der Waals surface area contributed by atoms with Crippen LogP contribution >= 0.6 is 0 Å². The zero-order valence-electron chi connectivity index (χ0n) is 24.6. The van der Waals surface area contributed by atoms with Crippen molar-refractivity contribution in [2.24, 2.45) is 11.8 Å². The third kappa shape index (κ3) is 10.3. The molecule has 0 radical (unpaired) electrons. The van der Waals surface area contributed by atoms with Gasteiger partial charge in [-0.15, -0.1) is 0 Å². The third-order valence-electron chi connectivity index (χ3n) is 6.88. The van der Waals surface area contributed by atoms with E-state index in [9.17, 15) is 19.2 Å². The fourth-order valence-corrected chi connectivity index (χ4v) is 4.54. The lowest BCUT2D eigenvalue weighted by atomic mass is 9.93. The number of carbonyl (C=O) groups excluding carboxylic acids is 4. The average Bonchev–Trinajstić information content (AvgIpc) is 3.69. The number of hydrogen-bond donors (Lipinski definition) is 3. The van der Waals surface area contributed by atoms with Crippen LogP contribution in [0.1, 0.15) is 58.6 Å². The van der Waals surface area contributed by atoms with E-state index in [-0.39, 0.29) is 30.6 Å². The largest absolute Gasteiger partial charge is 0.445 e. The fraction of sp³-hybridized carbons (Fsp3) is 0.500. The molecule has 1 heterocycles. The average molecular weight is 566 g/mol. The first-order valence-corrected chi connectivity index (χ1v) is 14.3. The highest BCUT2D eigenvalue weighted by Crippen LogP contribution is 2.29. The van der Waals surface area contributed by atoms with Crippen LogP contribution in [-0.4, -0.2) is 54.0 Å². The molecule has 0 saturated carbocycles. The number of rotatable bonds is 15. The van der Waals surface area contributed by atoms with Gasteiger partial charge in [-0.3, -0.25) is 14.4 Å². The molecule has 3 unspecified atom stereocenters. The second-order valence-corrected chi connectivity index (χ2v) is 11.7. The topological polar surface area (TPSA) is 126 Å². The first kappa shape index (κ1) is 31.8. The van der Waals surface area contributed by atoms with E-state index < -0.39 is 41.6 Å². The second kappa shape index (κ2) is 14.8. The Labute approximate surface area is 242 Å². The van der Waals surface area contributed by atoms with Crippen molar-refractivity contribution >= 4 is 23.7 Å². The van der Waals surface area contributed by atoms with Gasteiger partial charge in [-0.2, -0.15) is 0 Å². The minimum Gasteiger partial charge on any atom is -0.445 e. The van der Waals surface area contributed by atoms with Gasteiger partial charge in [0.2, 0.25) is 11.8 Å². The third-order valence-corrected chi connectivity index (χ3v) is 6.88. The second-order valence-electron chi connectivity index (χ2n) is 11.7. The van der Waals surface area contributed by atoms with Crippen LogP contribution in [0.3, 0.4) is 0 Å². The molecule has 1 aliphatic rings. The van der Waals surface area contributed by atoms with Crippen molar-refractivity contribution in [3.63, 3.8) is 0 Å². The minimum absolute atomic E-state index is 0.0651. The number of ether oxygens (including phenoxy) is 2. The fourth-order valence-electron chi connectivity index (χ4n) is 4.54. The van der Waals surface area contributed by atoms with Gasteiger partial charge in [-0.1, -0.05) is 88.4 Å². The zero-order chi connectivity index (χ0) is 30.0. The molecule has 0 spiro atoms. The van der Waals surface area contributed by atoms with E-state index in [4.69, 9.17) is 9.47 Å². The lowest BCUT2D eigenvalue weighted by molar-refractivity contribution is -0.133. The quantitative estimate of drug-likeness (QED) is 0.281. The van der Waals surface area contributed by atoms with Gasteiger partial charge < -0.3 is 25.4 Å². The summed E-state index contributed by atoms with van der Waals surface area (Å²) >= 11 is 0. The Bertz CT molecular complexity index is 1160. The molecule has 4 atom stereocenters. The van der Waals surface area contributed by atoms with Crippen LogP contribution < -0.4 is 16.0 Å². The van der Waals surface area contributed by atoms with E-state index >= 15 is 0 Å². The van der Waals surface area contributed by atoms with Gasteiger partial charge in [0.05, 0.1) is 12.6 Å². The van der Waals surface area contributed by atoms with Gasteiger partial charge in [0, 0.05) is 6.42 Å². The van der Waals surface area contributed by atoms with E-state index in [1.54, 1.807) is 6.92 Å². The van der Waals surface area contributed by atoms with Crippen LogP contribution in [0.25, 0.3) is 0 Å². The summed E-state index contributed by atoms with van der Waals surface area (Å²) in [6.07, 6.45) is 0.275. The van der Waals surface area contributed by atoms with Gasteiger partial charge in [0.15, 0.2) is 5.78 Å². The predicted molar refractivity (Wildman–Crippen MR) is 156 cm³/mol. The summed E-state index contributed by atoms with van der Waals surface area (Å²) in [6.45, 7) is 9.94. The van der Waals surface area contributed by atoms with E-state index in [1.807, 2.05) is 88.4 Å². The molecule has 1 aliphatic heterocycles. The molecule has 0 aromatic heterocycles. The van der Waals surface area contributed by atoms with Crippen LogP contribution in [0.4, 0.5) is 4.79 Å². The van der Waals surface area contributed by atoms with Gasteiger partial charge in [-0.05, 0) is 42.7 Å². The first-order valence-electron chi connectivity index (χ1n) is 14.3. The number of ketones is 1. The Balaban J connectivity index is 1.74. The number of benzene rings is 2. The molecule has 9 heteroatoms. The number of hydrogen-bond acceptors (Lipinski definition) is 6. The number of nitrogens with one attached hydrogen (secondary N) is 3. The summed E-state index contributed by atoms with van der Waals surface area (Å²) in [6, 6.07) is 15.9. The van der Waals surface area contributed by atoms with E-state index in [0.717, 1.165) is 11.1 Å². The molecule has 2 aromatic rings. The van der Waals surface area contributed by atoms with E-state index in [2.05, 4.69) is 16.0 Å². The van der Waals surface area contributed by atoms with E-state index in [1.165, 1.54) is 0 Å². The molecule has 0 aliphatic carbocycles. The molecule has 1 fully saturated rings. The lowest BCUT2D eigenvalue weighted by Gasteiger charge is -2.27. The highest BCUT2D eigenvalue weighted by atomic mass is 16.6. The molecule has 2 aromatic carbocycles. The van der Waals surface area contributed by atoms with Gasteiger partial charge in [0.1, 0.15) is 24.3 Å². The SMILES string of the molecule is CC(C)CC(NC(=O)OCc1ccccc1)C(=O)N[C@@H](Cc1ccccc1)C(=O)NC(CC(C)C)C(=O)C1(C)CO1. The monoisotopic (exact) mass is 565 g/mol. The van der Waals surface area contributed by atoms with Crippen molar-refractivity contribution in [1.29, 1.82) is 0 Å².